The minimum Gasteiger partial charge on any atom is -0.381 e. The normalized spacial score (nSPS) is 18.2. The number of ether oxygens (including phenoxy) is 1. The molecule has 4 nitrogen and oxygen atoms in total. The first kappa shape index (κ1) is 21.0. The number of halogens is 4. The van der Waals surface area contributed by atoms with Crippen LogP contribution in [0.4, 0.5) is 13.2 Å². The third-order valence-corrected chi connectivity index (χ3v) is 3.83. The van der Waals surface area contributed by atoms with Gasteiger partial charge in [0.15, 0.2) is 5.96 Å². The fourth-order valence-corrected chi connectivity index (χ4v) is 2.62. The minimum atomic E-state index is -4.32. The monoisotopic (exact) mass is 457 g/mol. The molecule has 1 saturated heterocycles. The molecule has 24 heavy (non-hydrogen) atoms. The number of nitrogens with zero attached hydrogens (tertiary/aromatic N) is 2. The fourth-order valence-electron chi connectivity index (χ4n) is 2.62. The average molecular weight is 457 g/mol. The van der Waals surface area contributed by atoms with Crippen LogP contribution in [0.1, 0.15) is 17.5 Å². The predicted molar refractivity (Wildman–Crippen MR) is 98.6 cm³/mol. The number of nitrogens with one attached hydrogen (secondary N) is 1. The Morgan fingerprint density at radius 1 is 1.42 bits per heavy atom. The number of rotatable bonds is 4. The van der Waals surface area contributed by atoms with Gasteiger partial charge in [0.2, 0.25) is 0 Å². The summed E-state index contributed by atoms with van der Waals surface area (Å²) in [6.07, 6.45) is -3.30. The molecule has 0 aliphatic carbocycles. The van der Waals surface area contributed by atoms with E-state index in [1.807, 2.05) is 11.9 Å². The van der Waals surface area contributed by atoms with Crippen LogP contribution in [0.15, 0.2) is 29.3 Å². The second-order valence-corrected chi connectivity index (χ2v) is 5.71. The Hall–Kier alpha value is -1.03. The van der Waals surface area contributed by atoms with Gasteiger partial charge in [0.25, 0.3) is 0 Å². The molecule has 0 aromatic heterocycles. The maximum absolute atomic E-state index is 12.7. The molecule has 0 radical (unpaired) electrons. The Kier molecular flexibility index (Phi) is 8.28. The molecule has 1 heterocycles. The van der Waals surface area contributed by atoms with E-state index in [0.29, 0.717) is 24.0 Å². The van der Waals surface area contributed by atoms with E-state index < -0.39 is 11.7 Å². The van der Waals surface area contributed by atoms with E-state index in [0.717, 1.165) is 38.3 Å². The first-order valence-electron chi connectivity index (χ1n) is 7.56. The number of aliphatic imine (C=N–C) groups is 1. The summed E-state index contributed by atoms with van der Waals surface area (Å²) in [7, 11) is 3.58. The zero-order valence-corrected chi connectivity index (χ0v) is 16.1. The van der Waals surface area contributed by atoms with Gasteiger partial charge >= 0.3 is 6.18 Å². The van der Waals surface area contributed by atoms with Gasteiger partial charge in [0.05, 0.1) is 12.2 Å². The molecule has 0 amide bonds. The molecule has 1 N–H and O–H groups in total. The maximum Gasteiger partial charge on any atom is 0.416 e. The van der Waals surface area contributed by atoms with Gasteiger partial charge in [-0.1, -0.05) is 12.1 Å². The van der Waals surface area contributed by atoms with Crippen LogP contribution in [0.3, 0.4) is 0 Å². The summed E-state index contributed by atoms with van der Waals surface area (Å²) in [5, 5.41) is 3.11. The molecular formula is C16H23F3IN3O. The summed E-state index contributed by atoms with van der Waals surface area (Å²) in [5.41, 5.74) is -0.0678. The van der Waals surface area contributed by atoms with Gasteiger partial charge in [-0.05, 0) is 24.1 Å². The van der Waals surface area contributed by atoms with Gasteiger partial charge in [-0.25, -0.2) is 0 Å². The van der Waals surface area contributed by atoms with Crippen molar-refractivity contribution in [3.63, 3.8) is 0 Å². The molecular weight excluding hydrogens is 434 g/mol. The second kappa shape index (κ2) is 9.45. The van der Waals surface area contributed by atoms with Crippen molar-refractivity contribution in [3.05, 3.63) is 35.4 Å². The molecule has 136 valence electrons. The Morgan fingerprint density at radius 2 is 2.17 bits per heavy atom. The standard InChI is InChI=1S/C16H22F3N3O.HI/c1-20-15(22(2)10-13-6-7-23-11-13)21-9-12-4-3-5-14(8-12)16(17,18)19;/h3-5,8,13H,6-7,9-11H2,1-2H3,(H,20,21);1H. The highest BCUT2D eigenvalue weighted by molar-refractivity contribution is 14.0. The molecule has 8 heteroatoms. The predicted octanol–water partition coefficient (Wildman–Crippen LogP) is 3.37. The molecule has 0 saturated carbocycles. The van der Waals surface area contributed by atoms with Crippen molar-refractivity contribution in [3.8, 4) is 0 Å². The fraction of sp³-hybridized carbons (Fsp3) is 0.562. The molecule has 1 fully saturated rings. The molecule has 1 aliphatic rings. The largest absolute Gasteiger partial charge is 0.416 e. The highest BCUT2D eigenvalue weighted by Crippen LogP contribution is 2.29. The molecule has 0 bridgehead atoms. The van der Waals surface area contributed by atoms with Crippen LogP contribution in [0.25, 0.3) is 0 Å². The van der Waals surface area contributed by atoms with E-state index in [-0.39, 0.29) is 24.0 Å². The van der Waals surface area contributed by atoms with Crippen molar-refractivity contribution in [2.75, 3.05) is 33.9 Å². The maximum atomic E-state index is 12.7. The Bertz CT molecular complexity index is 546. The minimum absolute atomic E-state index is 0. The summed E-state index contributed by atoms with van der Waals surface area (Å²) in [4.78, 5) is 6.16. The van der Waals surface area contributed by atoms with Gasteiger partial charge in [-0.15, -0.1) is 24.0 Å². The Morgan fingerprint density at radius 3 is 2.75 bits per heavy atom. The summed E-state index contributed by atoms with van der Waals surface area (Å²) in [6.45, 7) is 2.63. The van der Waals surface area contributed by atoms with Crippen LogP contribution in [0.2, 0.25) is 0 Å². The Labute approximate surface area is 157 Å². The third kappa shape index (κ3) is 6.12. The zero-order chi connectivity index (χ0) is 16.9. The summed E-state index contributed by atoms with van der Waals surface area (Å²) in [6, 6.07) is 5.32. The lowest BCUT2D eigenvalue weighted by atomic mass is 10.1. The molecule has 1 aromatic carbocycles. The number of hydrogen-bond donors (Lipinski definition) is 1. The first-order valence-corrected chi connectivity index (χ1v) is 7.56. The van der Waals surface area contributed by atoms with Crippen molar-refractivity contribution in [1.82, 2.24) is 10.2 Å². The van der Waals surface area contributed by atoms with E-state index in [2.05, 4.69) is 10.3 Å². The molecule has 1 aromatic rings. The van der Waals surface area contributed by atoms with Crippen molar-refractivity contribution >= 4 is 29.9 Å². The van der Waals surface area contributed by atoms with Crippen molar-refractivity contribution in [2.24, 2.45) is 10.9 Å². The highest BCUT2D eigenvalue weighted by Gasteiger charge is 2.30. The quantitative estimate of drug-likeness (QED) is 0.428. The smallest absolute Gasteiger partial charge is 0.381 e. The van der Waals surface area contributed by atoms with Gasteiger partial charge in [-0.2, -0.15) is 13.2 Å². The van der Waals surface area contributed by atoms with Gasteiger partial charge in [-0.3, -0.25) is 4.99 Å². The molecule has 2 rings (SSSR count). The van der Waals surface area contributed by atoms with Crippen LogP contribution in [-0.2, 0) is 17.5 Å². The van der Waals surface area contributed by atoms with E-state index >= 15 is 0 Å². The van der Waals surface area contributed by atoms with Crippen LogP contribution >= 0.6 is 24.0 Å². The second-order valence-electron chi connectivity index (χ2n) is 5.71. The van der Waals surface area contributed by atoms with Gasteiger partial charge < -0.3 is 15.0 Å². The number of guanidine groups is 1. The van der Waals surface area contributed by atoms with Crippen LogP contribution < -0.4 is 5.32 Å². The molecule has 1 atom stereocenters. The number of alkyl halides is 3. The van der Waals surface area contributed by atoms with Crippen molar-refractivity contribution in [1.29, 1.82) is 0 Å². The Balaban J connectivity index is 0.00000288. The van der Waals surface area contributed by atoms with E-state index in [1.165, 1.54) is 6.07 Å². The first-order chi connectivity index (χ1) is 10.9. The SMILES string of the molecule is CN=C(NCc1cccc(C(F)(F)F)c1)N(C)CC1CCOC1.I. The number of hydrogen-bond acceptors (Lipinski definition) is 2. The summed E-state index contributed by atoms with van der Waals surface area (Å²) in [5.74, 6) is 1.13. The zero-order valence-electron chi connectivity index (χ0n) is 13.8. The summed E-state index contributed by atoms with van der Waals surface area (Å²) >= 11 is 0. The van der Waals surface area contributed by atoms with E-state index in [4.69, 9.17) is 4.74 Å². The average Bonchev–Trinajstić information content (AvgIpc) is 3.00. The lowest BCUT2D eigenvalue weighted by Crippen LogP contribution is -2.41. The topological polar surface area (TPSA) is 36.9 Å². The lowest BCUT2D eigenvalue weighted by Gasteiger charge is -2.24. The van der Waals surface area contributed by atoms with Gasteiger partial charge in [0.1, 0.15) is 0 Å². The third-order valence-electron chi connectivity index (χ3n) is 3.83. The lowest BCUT2D eigenvalue weighted by molar-refractivity contribution is -0.137. The molecule has 0 spiro atoms. The van der Waals surface area contributed by atoms with E-state index in [1.54, 1.807) is 13.1 Å². The molecule has 1 unspecified atom stereocenters. The van der Waals surface area contributed by atoms with Crippen LogP contribution in [0.5, 0.6) is 0 Å². The highest BCUT2D eigenvalue weighted by atomic mass is 127. The van der Waals surface area contributed by atoms with E-state index in [9.17, 15) is 13.2 Å². The van der Waals surface area contributed by atoms with Crippen LogP contribution in [0, 0.1) is 5.92 Å². The number of benzene rings is 1. The summed E-state index contributed by atoms with van der Waals surface area (Å²) < 4.78 is 43.5. The van der Waals surface area contributed by atoms with Crippen molar-refractivity contribution in [2.45, 2.75) is 19.1 Å². The van der Waals surface area contributed by atoms with Crippen molar-refractivity contribution < 1.29 is 17.9 Å². The van der Waals surface area contributed by atoms with Gasteiger partial charge in [0, 0.05) is 39.7 Å². The van der Waals surface area contributed by atoms with Crippen LogP contribution in [-0.4, -0.2) is 44.7 Å². The molecule has 1 aliphatic heterocycles.